The van der Waals surface area contributed by atoms with Gasteiger partial charge in [0.2, 0.25) is 5.95 Å². The van der Waals surface area contributed by atoms with Gasteiger partial charge in [-0.25, -0.2) is 4.39 Å². The lowest BCUT2D eigenvalue weighted by atomic mass is 10.3. The van der Waals surface area contributed by atoms with Crippen LogP contribution >= 0.6 is 7.60 Å². The van der Waals surface area contributed by atoms with Crippen LogP contribution in [0.2, 0.25) is 0 Å². The van der Waals surface area contributed by atoms with Gasteiger partial charge >= 0.3 is 7.60 Å². The number of aromatic nitrogens is 3. The molecule has 0 saturated heterocycles. The van der Waals surface area contributed by atoms with Gasteiger partial charge in [0.05, 0.1) is 12.1 Å². The second-order valence-electron chi connectivity index (χ2n) is 4.69. The monoisotopic (exact) mass is 345 g/mol. The third-order valence-electron chi connectivity index (χ3n) is 2.92. The number of hydrogen-bond acceptors (Lipinski definition) is 6. The number of fused-ring (bicyclic) bond motifs is 1. The van der Waals surface area contributed by atoms with Crippen molar-refractivity contribution in [3.63, 3.8) is 0 Å². The Bertz CT molecular complexity index is 866. The molecule has 0 amide bonds. The predicted molar refractivity (Wildman–Crippen MR) is 77.2 cm³/mol. The molecule has 2 heterocycles. The molecule has 0 radical (unpaired) electrons. The third kappa shape index (κ3) is 3.94. The highest BCUT2D eigenvalue weighted by Gasteiger charge is 2.21. The first-order chi connectivity index (χ1) is 10.7. The molecule has 5 N–H and O–H groups in total. The highest BCUT2D eigenvalue weighted by molar-refractivity contribution is 7.51. The van der Waals surface area contributed by atoms with E-state index in [1.807, 2.05) is 6.07 Å². The van der Waals surface area contributed by atoms with E-state index in [2.05, 4.69) is 9.97 Å². The first kappa shape index (κ1) is 17.1. The van der Waals surface area contributed by atoms with E-state index < -0.39 is 32.3 Å². The van der Waals surface area contributed by atoms with Crippen LogP contribution in [-0.4, -0.2) is 43.4 Å². The van der Waals surface area contributed by atoms with Crippen molar-refractivity contribution in [2.75, 3.05) is 18.8 Å². The van der Waals surface area contributed by atoms with E-state index in [9.17, 15) is 13.8 Å². The SMILES string of the molecule is N#Cc1cn(C[C@H](CF)OCP(=O)(O)O)c2nc(N)[nH]c(=O)c12. The molecule has 0 unspecified atom stereocenters. The van der Waals surface area contributed by atoms with Crippen LogP contribution in [0.5, 0.6) is 0 Å². The molecule has 0 aliphatic rings. The topological polar surface area (TPSA) is 167 Å². The van der Waals surface area contributed by atoms with Crippen molar-refractivity contribution in [1.29, 1.82) is 5.26 Å². The highest BCUT2D eigenvalue weighted by atomic mass is 31.2. The van der Waals surface area contributed by atoms with E-state index in [1.165, 1.54) is 10.8 Å². The molecule has 0 fully saturated rings. The Morgan fingerprint density at radius 1 is 1.61 bits per heavy atom. The van der Waals surface area contributed by atoms with Crippen molar-refractivity contribution in [2.45, 2.75) is 12.6 Å². The van der Waals surface area contributed by atoms with Crippen molar-refractivity contribution in [3.8, 4) is 6.07 Å². The number of anilines is 1. The maximum atomic E-state index is 13.0. The Kier molecular flexibility index (Phi) is 4.82. The van der Waals surface area contributed by atoms with Crippen LogP contribution in [0.3, 0.4) is 0 Å². The number of nitrogens with two attached hydrogens (primary N) is 1. The Morgan fingerprint density at radius 2 is 2.30 bits per heavy atom. The lowest BCUT2D eigenvalue weighted by Gasteiger charge is -2.16. The molecule has 12 heteroatoms. The number of nitriles is 1. The second-order valence-corrected chi connectivity index (χ2v) is 6.28. The number of H-pyrrole nitrogens is 1. The number of halogens is 1. The fraction of sp³-hybridized carbons (Fsp3) is 0.364. The van der Waals surface area contributed by atoms with E-state index >= 15 is 0 Å². The summed E-state index contributed by atoms with van der Waals surface area (Å²) in [6.45, 7) is -1.23. The van der Waals surface area contributed by atoms with E-state index in [0.29, 0.717) is 0 Å². The third-order valence-corrected chi connectivity index (χ3v) is 3.40. The van der Waals surface area contributed by atoms with Crippen LogP contribution in [-0.2, 0) is 15.8 Å². The van der Waals surface area contributed by atoms with Gasteiger partial charge in [-0.1, -0.05) is 0 Å². The maximum absolute atomic E-state index is 13.0. The van der Waals surface area contributed by atoms with Crippen molar-refractivity contribution in [1.82, 2.24) is 14.5 Å². The molecular weight excluding hydrogens is 332 g/mol. The maximum Gasteiger partial charge on any atom is 0.350 e. The zero-order valence-corrected chi connectivity index (χ0v) is 12.5. The second kappa shape index (κ2) is 6.47. The summed E-state index contributed by atoms with van der Waals surface area (Å²) in [6, 6.07) is 1.82. The van der Waals surface area contributed by atoms with Gasteiger partial charge < -0.3 is 24.8 Å². The first-order valence-electron chi connectivity index (χ1n) is 6.26. The average Bonchev–Trinajstić information content (AvgIpc) is 2.80. The Morgan fingerprint density at radius 3 is 2.87 bits per heavy atom. The van der Waals surface area contributed by atoms with E-state index in [4.69, 9.17) is 25.5 Å². The smallest absolute Gasteiger partial charge is 0.350 e. The summed E-state index contributed by atoms with van der Waals surface area (Å²) >= 11 is 0. The van der Waals surface area contributed by atoms with Gasteiger partial charge in [-0.15, -0.1) is 0 Å². The minimum atomic E-state index is -4.44. The number of nitrogens with one attached hydrogen (secondary N) is 1. The number of rotatable bonds is 6. The summed E-state index contributed by atoms with van der Waals surface area (Å²) in [5.74, 6) is -0.181. The van der Waals surface area contributed by atoms with Crippen LogP contribution in [0.15, 0.2) is 11.0 Å². The zero-order chi connectivity index (χ0) is 17.2. The minimum Gasteiger partial charge on any atom is -0.369 e. The van der Waals surface area contributed by atoms with Crippen molar-refractivity contribution < 1.29 is 23.5 Å². The van der Waals surface area contributed by atoms with Crippen LogP contribution in [0.25, 0.3) is 11.0 Å². The summed E-state index contributed by atoms with van der Waals surface area (Å²) in [7, 11) is -4.44. The van der Waals surface area contributed by atoms with Crippen molar-refractivity contribution >= 4 is 24.6 Å². The fourth-order valence-corrected chi connectivity index (χ4v) is 2.41. The van der Waals surface area contributed by atoms with E-state index in [-0.39, 0.29) is 29.1 Å². The molecule has 0 saturated carbocycles. The number of ether oxygens (including phenoxy) is 1. The molecule has 2 aromatic rings. The Labute approximate surface area is 128 Å². The van der Waals surface area contributed by atoms with Gasteiger partial charge in [-0.3, -0.25) is 14.3 Å². The number of hydrogen-bond donors (Lipinski definition) is 4. The quantitative estimate of drug-likeness (QED) is 0.516. The zero-order valence-electron chi connectivity index (χ0n) is 11.6. The molecule has 2 rings (SSSR count). The molecule has 0 aliphatic carbocycles. The van der Waals surface area contributed by atoms with Crippen molar-refractivity contribution in [3.05, 3.63) is 22.1 Å². The molecule has 10 nitrogen and oxygen atoms in total. The first-order valence-corrected chi connectivity index (χ1v) is 8.05. The van der Waals surface area contributed by atoms with Gasteiger partial charge in [0.1, 0.15) is 30.6 Å². The molecule has 0 spiro atoms. The van der Waals surface area contributed by atoms with E-state index in [0.717, 1.165) is 0 Å². The standard InChI is InChI=1S/C11H13FN5O5P/c12-1-7(22-5-23(19,20)21)4-17-3-6(2-13)8-9(17)15-11(14)16-10(8)18/h3,7H,1,4-5H2,(H2,19,20,21)(H3,14,15,16,18)/t7-/m0/s1. The van der Waals surface area contributed by atoms with Gasteiger partial charge in [-0.2, -0.15) is 10.2 Å². The summed E-state index contributed by atoms with van der Waals surface area (Å²) in [6.07, 6.45) is -0.857. The van der Waals surface area contributed by atoms with Crippen LogP contribution in [0.4, 0.5) is 10.3 Å². The molecule has 0 aliphatic heterocycles. The van der Waals surface area contributed by atoms with Gasteiger partial charge in [0.15, 0.2) is 5.65 Å². The molecule has 0 aromatic carbocycles. The fourth-order valence-electron chi connectivity index (χ4n) is 2.00. The van der Waals surface area contributed by atoms with Crippen LogP contribution in [0, 0.1) is 11.3 Å². The van der Waals surface area contributed by atoms with E-state index in [1.54, 1.807) is 0 Å². The summed E-state index contributed by atoms with van der Waals surface area (Å²) < 4.78 is 29.9. The largest absolute Gasteiger partial charge is 0.369 e. The minimum absolute atomic E-state index is 0.00528. The number of aromatic amines is 1. The normalized spacial score (nSPS) is 13.1. The molecular formula is C11H13FN5O5P. The summed E-state index contributed by atoms with van der Waals surface area (Å²) in [5, 5.41) is 9.06. The predicted octanol–water partition coefficient (Wildman–Crippen LogP) is -0.332. The molecule has 23 heavy (non-hydrogen) atoms. The van der Waals surface area contributed by atoms with Crippen LogP contribution < -0.4 is 11.3 Å². The molecule has 0 bridgehead atoms. The average molecular weight is 345 g/mol. The summed E-state index contributed by atoms with van der Waals surface area (Å²) in [4.78, 5) is 35.5. The molecule has 1 atom stereocenters. The number of alkyl halides is 1. The Hall–Kier alpha value is -2.25. The number of nitrogen functional groups attached to an aromatic ring is 1. The molecule has 2 aromatic heterocycles. The highest BCUT2D eigenvalue weighted by Crippen LogP contribution is 2.34. The lowest BCUT2D eigenvalue weighted by molar-refractivity contribution is 0.0446. The lowest BCUT2D eigenvalue weighted by Crippen LogP contribution is -2.23. The van der Waals surface area contributed by atoms with Crippen molar-refractivity contribution in [2.24, 2.45) is 0 Å². The van der Waals surface area contributed by atoms with Gasteiger partial charge in [-0.05, 0) is 0 Å². The van der Waals surface area contributed by atoms with Gasteiger partial charge in [0.25, 0.3) is 5.56 Å². The van der Waals surface area contributed by atoms with Crippen LogP contribution in [0.1, 0.15) is 5.56 Å². The molecule has 124 valence electrons. The number of nitrogens with zero attached hydrogens (tertiary/aromatic N) is 3. The van der Waals surface area contributed by atoms with Gasteiger partial charge in [0, 0.05) is 6.20 Å². The Balaban J connectivity index is 2.38. The summed E-state index contributed by atoms with van der Waals surface area (Å²) in [5.41, 5.74) is 4.91.